The van der Waals surface area contributed by atoms with Crippen LogP contribution in [0.1, 0.15) is 6.92 Å². The van der Waals surface area contributed by atoms with Gasteiger partial charge >= 0.3 is 0 Å². The van der Waals surface area contributed by atoms with E-state index in [0.29, 0.717) is 13.2 Å². The third kappa shape index (κ3) is 2.17. The fraction of sp³-hybridized carbons (Fsp3) is 1.00. The van der Waals surface area contributed by atoms with Crippen molar-refractivity contribution in [2.45, 2.75) is 25.4 Å². The van der Waals surface area contributed by atoms with Crippen molar-refractivity contribution in [2.75, 3.05) is 27.3 Å². The minimum absolute atomic E-state index is 0.0492. The van der Waals surface area contributed by atoms with Crippen LogP contribution < -0.4 is 0 Å². The first-order valence-corrected chi connectivity index (χ1v) is 4.20. The summed E-state index contributed by atoms with van der Waals surface area (Å²) in [4.78, 5) is 1.94. The van der Waals surface area contributed by atoms with Crippen LogP contribution in [0.2, 0.25) is 0 Å². The Bertz CT molecular complexity index is 132. The first kappa shape index (κ1) is 9.92. The molecule has 0 amide bonds. The second-order valence-corrected chi connectivity index (χ2v) is 3.30. The highest BCUT2D eigenvalue weighted by molar-refractivity contribution is 4.75. The van der Waals surface area contributed by atoms with Gasteiger partial charge in [0.15, 0.2) is 6.29 Å². The number of hydrogen-bond donors (Lipinski definition) is 1. The monoisotopic (exact) mass is 175 g/mol. The van der Waals surface area contributed by atoms with E-state index in [1.165, 1.54) is 0 Å². The fourth-order valence-corrected chi connectivity index (χ4v) is 1.11. The van der Waals surface area contributed by atoms with Crippen LogP contribution in [-0.4, -0.2) is 55.8 Å². The molecule has 0 spiro atoms. The standard InChI is InChI=1S/C8H17NO3/c1-6(9(2)3)7(10)8-11-4-5-12-8/h6-8,10H,4-5H2,1-3H3. The van der Waals surface area contributed by atoms with Crippen LogP contribution >= 0.6 is 0 Å². The van der Waals surface area contributed by atoms with E-state index in [2.05, 4.69) is 0 Å². The van der Waals surface area contributed by atoms with Crippen LogP contribution in [0.4, 0.5) is 0 Å². The molecule has 0 saturated carbocycles. The second-order valence-electron chi connectivity index (χ2n) is 3.30. The Balaban J connectivity index is 2.39. The van der Waals surface area contributed by atoms with Gasteiger partial charge in [-0.1, -0.05) is 0 Å². The van der Waals surface area contributed by atoms with Crippen molar-refractivity contribution in [3.63, 3.8) is 0 Å². The van der Waals surface area contributed by atoms with Crippen LogP contribution in [0.5, 0.6) is 0 Å². The van der Waals surface area contributed by atoms with Gasteiger partial charge in [0.25, 0.3) is 0 Å². The third-order valence-corrected chi connectivity index (χ3v) is 2.24. The summed E-state index contributed by atoms with van der Waals surface area (Å²) < 4.78 is 10.4. The molecule has 12 heavy (non-hydrogen) atoms. The summed E-state index contributed by atoms with van der Waals surface area (Å²) in [5, 5.41) is 9.70. The Morgan fingerprint density at radius 2 is 1.83 bits per heavy atom. The molecule has 2 atom stereocenters. The molecule has 1 saturated heterocycles. The predicted octanol–water partition coefficient (Wildman–Crippen LogP) is -0.330. The topological polar surface area (TPSA) is 41.9 Å². The van der Waals surface area contributed by atoms with Crippen LogP contribution in [0.15, 0.2) is 0 Å². The Labute approximate surface area is 73.1 Å². The lowest BCUT2D eigenvalue weighted by Gasteiger charge is -2.28. The van der Waals surface area contributed by atoms with Gasteiger partial charge < -0.3 is 19.5 Å². The maximum absolute atomic E-state index is 9.70. The molecule has 0 aromatic rings. The van der Waals surface area contributed by atoms with E-state index in [0.717, 1.165) is 0 Å². The van der Waals surface area contributed by atoms with E-state index in [1.807, 2.05) is 25.9 Å². The third-order valence-electron chi connectivity index (χ3n) is 2.24. The lowest BCUT2D eigenvalue weighted by molar-refractivity contribution is -0.138. The van der Waals surface area contributed by atoms with Gasteiger partial charge in [-0.2, -0.15) is 0 Å². The van der Waals surface area contributed by atoms with Gasteiger partial charge in [0, 0.05) is 6.04 Å². The van der Waals surface area contributed by atoms with Gasteiger partial charge in [0.05, 0.1) is 13.2 Å². The molecule has 1 rings (SSSR count). The molecule has 1 aliphatic heterocycles. The first-order valence-electron chi connectivity index (χ1n) is 4.20. The second kappa shape index (κ2) is 4.18. The molecule has 0 radical (unpaired) electrons. The Hall–Kier alpha value is -0.160. The first-order chi connectivity index (χ1) is 5.63. The smallest absolute Gasteiger partial charge is 0.185 e. The molecule has 4 nitrogen and oxygen atoms in total. The van der Waals surface area contributed by atoms with Crippen molar-refractivity contribution in [3.05, 3.63) is 0 Å². The SMILES string of the molecule is CC(C(O)C1OCCO1)N(C)C. The normalized spacial score (nSPS) is 24.8. The van der Waals surface area contributed by atoms with Crippen molar-refractivity contribution in [1.29, 1.82) is 0 Å². The summed E-state index contributed by atoms with van der Waals surface area (Å²) in [6.07, 6.45) is -1.01. The van der Waals surface area contributed by atoms with Gasteiger partial charge in [-0.3, -0.25) is 0 Å². The fourth-order valence-electron chi connectivity index (χ4n) is 1.11. The molecule has 4 heteroatoms. The molecule has 1 N–H and O–H groups in total. The van der Waals surface area contributed by atoms with Crippen molar-refractivity contribution in [2.24, 2.45) is 0 Å². The van der Waals surface area contributed by atoms with E-state index >= 15 is 0 Å². The number of ether oxygens (including phenoxy) is 2. The average molecular weight is 175 g/mol. The zero-order valence-electron chi connectivity index (χ0n) is 7.86. The maximum Gasteiger partial charge on any atom is 0.185 e. The Kier molecular flexibility index (Phi) is 3.46. The summed E-state index contributed by atoms with van der Waals surface area (Å²) in [6, 6.07) is 0.0492. The van der Waals surface area contributed by atoms with E-state index in [4.69, 9.17) is 9.47 Å². The van der Waals surface area contributed by atoms with Gasteiger partial charge in [0.2, 0.25) is 0 Å². The molecule has 0 aromatic heterocycles. The van der Waals surface area contributed by atoms with Crippen LogP contribution in [0, 0.1) is 0 Å². The van der Waals surface area contributed by atoms with Crippen molar-refractivity contribution in [3.8, 4) is 0 Å². The summed E-state index contributed by atoms with van der Waals surface area (Å²) in [6.45, 7) is 3.11. The zero-order chi connectivity index (χ0) is 9.14. The molecule has 0 bridgehead atoms. The van der Waals surface area contributed by atoms with Gasteiger partial charge in [-0.25, -0.2) is 0 Å². The van der Waals surface area contributed by atoms with Crippen LogP contribution in [0.3, 0.4) is 0 Å². The molecule has 0 aromatic carbocycles. The van der Waals surface area contributed by atoms with E-state index in [-0.39, 0.29) is 6.04 Å². The number of hydrogen-bond acceptors (Lipinski definition) is 4. The van der Waals surface area contributed by atoms with Gasteiger partial charge in [-0.15, -0.1) is 0 Å². The summed E-state index contributed by atoms with van der Waals surface area (Å²) in [7, 11) is 3.84. The summed E-state index contributed by atoms with van der Waals surface area (Å²) in [5.41, 5.74) is 0. The molecule has 72 valence electrons. The number of rotatable bonds is 3. The van der Waals surface area contributed by atoms with E-state index in [1.54, 1.807) is 0 Å². The lowest BCUT2D eigenvalue weighted by Crippen LogP contribution is -2.44. The molecule has 1 aliphatic rings. The summed E-state index contributed by atoms with van der Waals surface area (Å²) in [5.74, 6) is 0. The highest BCUT2D eigenvalue weighted by atomic mass is 16.7. The van der Waals surface area contributed by atoms with Crippen LogP contribution in [0.25, 0.3) is 0 Å². The maximum atomic E-state index is 9.70. The zero-order valence-corrected chi connectivity index (χ0v) is 7.86. The molecular formula is C8H17NO3. The number of aliphatic hydroxyl groups excluding tert-OH is 1. The minimum Gasteiger partial charge on any atom is -0.386 e. The molecule has 1 heterocycles. The number of nitrogens with zero attached hydrogens (tertiary/aromatic N) is 1. The minimum atomic E-state index is -0.567. The van der Waals surface area contributed by atoms with Gasteiger partial charge in [-0.05, 0) is 21.0 Å². The van der Waals surface area contributed by atoms with E-state index in [9.17, 15) is 5.11 Å². The highest BCUT2D eigenvalue weighted by Crippen LogP contribution is 2.13. The number of likely N-dealkylation sites (N-methyl/N-ethyl adjacent to an activating group) is 1. The van der Waals surface area contributed by atoms with Crippen molar-refractivity contribution in [1.82, 2.24) is 4.90 Å². The predicted molar refractivity (Wildman–Crippen MR) is 44.8 cm³/mol. The molecule has 2 unspecified atom stereocenters. The average Bonchev–Trinajstić information content (AvgIpc) is 2.53. The largest absolute Gasteiger partial charge is 0.386 e. The number of aliphatic hydroxyl groups is 1. The van der Waals surface area contributed by atoms with Gasteiger partial charge in [0.1, 0.15) is 6.10 Å². The molecule has 0 aliphatic carbocycles. The molecular weight excluding hydrogens is 158 g/mol. The quantitative estimate of drug-likeness (QED) is 0.638. The van der Waals surface area contributed by atoms with Crippen molar-refractivity contribution >= 4 is 0 Å². The Morgan fingerprint density at radius 1 is 1.33 bits per heavy atom. The molecule has 1 fully saturated rings. The van der Waals surface area contributed by atoms with Crippen molar-refractivity contribution < 1.29 is 14.6 Å². The highest BCUT2D eigenvalue weighted by Gasteiger charge is 2.30. The lowest BCUT2D eigenvalue weighted by atomic mass is 10.1. The summed E-state index contributed by atoms with van der Waals surface area (Å²) >= 11 is 0. The van der Waals surface area contributed by atoms with E-state index < -0.39 is 12.4 Å². The Morgan fingerprint density at radius 3 is 2.25 bits per heavy atom. The van der Waals surface area contributed by atoms with Crippen LogP contribution in [-0.2, 0) is 9.47 Å².